The van der Waals surface area contributed by atoms with E-state index < -0.39 is 0 Å². The van der Waals surface area contributed by atoms with Crippen LogP contribution in [0.25, 0.3) is 11.1 Å². The SMILES string of the molecule is Cc1ccc2c(c1)CC(c1ccc(-c3ccccc3)cc1)N2. The number of aryl methyl sites for hydroxylation is 1. The normalized spacial score (nSPS) is 16.1. The van der Waals surface area contributed by atoms with Crippen molar-refractivity contribution < 1.29 is 0 Å². The predicted molar refractivity (Wildman–Crippen MR) is 93.1 cm³/mol. The number of hydrogen-bond acceptors (Lipinski definition) is 1. The number of rotatable bonds is 2. The van der Waals surface area contributed by atoms with Crippen molar-refractivity contribution in [3.63, 3.8) is 0 Å². The van der Waals surface area contributed by atoms with Crippen LogP contribution in [0.15, 0.2) is 72.8 Å². The van der Waals surface area contributed by atoms with Crippen molar-refractivity contribution in [2.45, 2.75) is 19.4 Å². The summed E-state index contributed by atoms with van der Waals surface area (Å²) in [5, 5.41) is 3.64. The van der Waals surface area contributed by atoms with Gasteiger partial charge in [-0.1, -0.05) is 72.3 Å². The van der Waals surface area contributed by atoms with Crippen molar-refractivity contribution in [2.24, 2.45) is 0 Å². The van der Waals surface area contributed by atoms with E-state index in [4.69, 9.17) is 0 Å². The van der Waals surface area contributed by atoms with Crippen molar-refractivity contribution in [3.05, 3.63) is 89.5 Å². The lowest BCUT2D eigenvalue weighted by atomic mass is 9.98. The second-order valence-electron chi connectivity index (χ2n) is 6.05. The van der Waals surface area contributed by atoms with Gasteiger partial charge >= 0.3 is 0 Å². The third-order valence-corrected chi connectivity index (χ3v) is 4.43. The Morgan fingerprint density at radius 3 is 2.32 bits per heavy atom. The standard InChI is InChI=1S/C21H19N/c1-15-7-12-20-19(13-15)14-21(22-20)18-10-8-17(9-11-18)16-5-3-2-4-6-16/h2-13,21-22H,14H2,1H3. The molecular formula is C21H19N. The monoisotopic (exact) mass is 285 g/mol. The Labute approximate surface area is 131 Å². The number of fused-ring (bicyclic) bond motifs is 1. The van der Waals surface area contributed by atoms with E-state index in [2.05, 4.69) is 85.0 Å². The van der Waals surface area contributed by atoms with Crippen molar-refractivity contribution in [3.8, 4) is 11.1 Å². The first-order valence-electron chi connectivity index (χ1n) is 7.81. The Balaban J connectivity index is 1.58. The van der Waals surface area contributed by atoms with E-state index in [1.165, 1.54) is 33.5 Å². The van der Waals surface area contributed by atoms with E-state index >= 15 is 0 Å². The fourth-order valence-corrected chi connectivity index (χ4v) is 3.23. The van der Waals surface area contributed by atoms with Gasteiger partial charge in [0.05, 0.1) is 6.04 Å². The molecule has 0 saturated heterocycles. The molecule has 0 radical (unpaired) electrons. The number of anilines is 1. The molecule has 0 fully saturated rings. The topological polar surface area (TPSA) is 12.0 Å². The van der Waals surface area contributed by atoms with Crippen LogP contribution in [0.4, 0.5) is 5.69 Å². The Morgan fingerprint density at radius 1 is 0.818 bits per heavy atom. The molecule has 0 saturated carbocycles. The second kappa shape index (κ2) is 5.34. The average Bonchev–Trinajstić information content (AvgIpc) is 2.99. The highest BCUT2D eigenvalue weighted by Gasteiger charge is 2.21. The quantitative estimate of drug-likeness (QED) is 0.667. The van der Waals surface area contributed by atoms with Gasteiger partial charge in [0.1, 0.15) is 0 Å². The summed E-state index contributed by atoms with van der Waals surface area (Å²) in [5.74, 6) is 0. The Bertz CT molecular complexity index is 788. The minimum atomic E-state index is 0.390. The third kappa shape index (κ3) is 2.39. The number of hydrogen-bond donors (Lipinski definition) is 1. The molecule has 0 aromatic heterocycles. The van der Waals surface area contributed by atoms with E-state index in [0.29, 0.717) is 6.04 Å². The molecule has 0 amide bonds. The number of nitrogens with one attached hydrogen (secondary N) is 1. The zero-order valence-corrected chi connectivity index (χ0v) is 12.7. The zero-order chi connectivity index (χ0) is 14.9. The van der Waals surface area contributed by atoms with Gasteiger partial charge in [-0.2, -0.15) is 0 Å². The van der Waals surface area contributed by atoms with Crippen LogP contribution in [0.3, 0.4) is 0 Å². The average molecular weight is 285 g/mol. The molecule has 1 N–H and O–H groups in total. The summed E-state index contributed by atoms with van der Waals surface area (Å²) in [6.07, 6.45) is 1.07. The van der Waals surface area contributed by atoms with Crippen LogP contribution < -0.4 is 5.32 Å². The van der Waals surface area contributed by atoms with Gasteiger partial charge in [-0.05, 0) is 41.7 Å². The Kier molecular flexibility index (Phi) is 3.19. The minimum Gasteiger partial charge on any atom is -0.378 e. The first-order valence-corrected chi connectivity index (χ1v) is 7.81. The smallest absolute Gasteiger partial charge is 0.0555 e. The van der Waals surface area contributed by atoms with E-state index in [1.54, 1.807) is 0 Å². The lowest BCUT2D eigenvalue weighted by Crippen LogP contribution is -2.05. The maximum absolute atomic E-state index is 3.64. The largest absolute Gasteiger partial charge is 0.378 e. The lowest BCUT2D eigenvalue weighted by molar-refractivity contribution is 0.824. The summed E-state index contributed by atoms with van der Waals surface area (Å²) in [6.45, 7) is 2.16. The predicted octanol–water partition coefficient (Wildman–Crippen LogP) is 5.37. The molecule has 1 aliphatic heterocycles. The van der Waals surface area contributed by atoms with Crippen molar-refractivity contribution in [1.29, 1.82) is 0 Å². The third-order valence-electron chi connectivity index (χ3n) is 4.43. The molecule has 22 heavy (non-hydrogen) atoms. The molecule has 0 bridgehead atoms. The van der Waals surface area contributed by atoms with Crippen LogP contribution in [-0.2, 0) is 6.42 Å². The summed E-state index contributed by atoms with van der Waals surface area (Å²) in [4.78, 5) is 0. The van der Waals surface area contributed by atoms with Gasteiger partial charge in [0.15, 0.2) is 0 Å². The van der Waals surface area contributed by atoms with Gasteiger partial charge in [-0.3, -0.25) is 0 Å². The van der Waals surface area contributed by atoms with Crippen LogP contribution in [0.5, 0.6) is 0 Å². The van der Waals surface area contributed by atoms with Crippen molar-refractivity contribution in [2.75, 3.05) is 5.32 Å². The molecule has 1 heterocycles. The molecule has 4 rings (SSSR count). The van der Waals surface area contributed by atoms with Gasteiger partial charge in [-0.25, -0.2) is 0 Å². The molecule has 3 aromatic rings. The van der Waals surface area contributed by atoms with Gasteiger partial charge in [0, 0.05) is 5.69 Å². The molecule has 0 aliphatic carbocycles. The summed E-state index contributed by atoms with van der Waals surface area (Å²) in [7, 11) is 0. The van der Waals surface area contributed by atoms with E-state index in [0.717, 1.165) is 6.42 Å². The molecule has 3 aromatic carbocycles. The maximum Gasteiger partial charge on any atom is 0.0555 e. The molecule has 1 atom stereocenters. The van der Waals surface area contributed by atoms with E-state index in [-0.39, 0.29) is 0 Å². The van der Waals surface area contributed by atoms with E-state index in [1.807, 2.05) is 0 Å². The molecule has 1 unspecified atom stereocenters. The highest BCUT2D eigenvalue weighted by Crippen LogP contribution is 2.35. The first kappa shape index (κ1) is 13.1. The molecule has 108 valence electrons. The maximum atomic E-state index is 3.64. The van der Waals surface area contributed by atoms with Gasteiger partial charge in [0.25, 0.3) is 0 Å². The molecular weight excluding hydrogens is 266 g/mol. The minimum absolute atomic E-state index is 0.390. The van der Waals surface area contributed by atoms with Gasteiger partial charge < -0.3 is 5.32 Å². The first-order chi connectivity index (χ1) is 10.8. The molecule has 1 aliphatic rings. The highest BCUT2D eigenvalue weighted by molar-refractivity contribution is 5.64. The van der Waals surface area contributed by atoms with Gasteiger partial charge in [0.2, 0.25) is 0 Å². The van der Waals surface area contributed by atoms with Crippen molar-refractivity contribution in [1.82, 2.24) is 0 Å². The van der Waals surface area contributed by atoms with Gasteiger partial charge in [-0.15, -0.1) is 0 Å². The fourth-order valence-electron chi connectivity index (χ4n) is 3.23. The second-order valence-corrected chi connectivity index (χ2v) is 6.05. The van der Waals surface area contributed by atoms with Crippen LogP contribution >= 0.6 is 0 Å². The van der Waals surface area contributed by atoms with Crippen LogP contribution in [0, 0.1) is 6.92 Å². The highest BCUT2D eigenvalue weighted by atomic mass is 14.9. The number of benzene rings is 3. The summed E-state index contributed by atoms with van der Waals surface area (Å²) in [6, 6.07) is 26.5. The Morgan fingerprint density at radius 2 is 1.55 bits per heavy atom. The lowest BCUT2D eigenvalue weighted by Gasteiger charge is -2.12. The summed E-state index contributed by atoms with van der Waals surface area (Å²) in [5.41, 5.74) is 7.94. The van der Waals surface area contributed by atoms with Crippen LogP contribution in [0.2, 0.25) is 0 Å². The zero-order valence-electron chi connectivity index (χ0n) is 12.7. The summed E-state index contributed by atoms with van der Waals surface area (Å²) < 4.78 is 0. The fraction of sp³-hybridized carbons (Fsp3) is 0.143. The van der Waals surface area contributed by atoms with Crippen molar-refractivity contribution >= 4 is 5.69 Å². The molecule has 0 spiro atoms. The molecule has 1 nitrogen and oxygen atoms in total. The summed E-state index contributed by atoms with van der Waals surface area (Å²) >= 11 is 0. The van der Waals surface area contributed by atoms with Crippen LogP contribution in [-0.4, -0.2) is 0 Å². The molecule has 1 heteroatoms. The van der Waals surface area contributed by atoms with E-state index in [9.17, 15) is 0 Å². The van der Waals surface area contributed by atoms with Crippen LogP contribution in [0.1, 0.15) is 22.7 Å². The Hall–Kier alpha value is -2.54.